The van der Waals surface area contributed by atoms with Crippen LogP contribution in [0, 0.1) is 5.92 Å². The molecule has 1 aliphatic carbocycles. The fraction of sp³-hybridized carbons (Fsp3) is 0.700. The van der Waals surface area contributed by atoms with Crippen LogP contribution >= 0.6 is 11.3 Å². The third kappa shape index (κ3) is 1.64. The second-order valence-electron chi connectivity index (χ2n) is 4.07. The predicted octanol–water partition coefficient (Wildman–Crippen LogP) is 2.16. The summed E-state index contributed by atoms with van der Waals surface area (Å²) in [5.41, 5.74) is -0.645. The van der Waals surface area contributed by atoms with Gasteiger partial charge in [0.1, 0.15) is 5.60 Å². The third-order valence-corrected chi connectivity index (χ3v) is 4.01. The first kappa shape index (κ1) is 9.93. The Balaban J connectivity index is 2.21. The molecule has 2 unspecified atom stereocenters. The molecule has 0 aliphatic heterocycles. The molecule has 1 heterocycles. The molecule has 1 aromatic rings. The minimum absolute atomic E-state index is 0.605. The lowest BCUT2D eigenvalue weighted by atomic mass is 10.00. The average Bonchev–Trinajstić information content (AvgIpc) is 2.73. The Bertz CT molecular complexity index is 326. The van der Waals surface area contributed by atoms with Crippen molar-refractivity contribution in [1.82, 2.24) is 4.98 Å². The molecule has 2 atom stereocenters. The van der Waals surface area contributed by atoms with E-state index in [4.69, 9.17) is 4.74 Å². The normalized spacial score (nSPS) is 32.1. The van der Waals surface area contributed by atoms with Gasteiger partial charge in [-0.15, -0.1) is 0 Å². The molecule has 0 amide bonds. The zero-order chi connectivity index (χ0) is 10.2. The molecule has 1 aliphatic rings. The Morgan fingerprint density at radius 1 is 1.71 bits per heavy atom. The minimum Gasteiger partial charge on any atom is -0.473 e. The van der Waals surface area contributed by atoms with E-state index in [2.05, 4.69) is 11.9 Å². The monoisotopic (exact) mass is 213 g/mol. The van der Waals surface area contributed by atoms with Crippen molar-refractivity contribution in [3.63, 3.8) is 0 Å². The quantitative estimate of drug-likeness (QED) is 0.818. The molecule has 1 N–H and O–H groups in total. The zero-order valence-corrected chi connectivity index (χ0v) is 9.30. The van der Waals surface area contributed by atoms with Crippen molar-refractivity contribution in [3.8, 4) is 5.19 Å². The van der Waals surface area contributed by atoms with Crippen LogP contribution in [-0.4, -0.2) is 17.2 Å². The van der Waals surface area contributed by atoms with Gasteiger partial charge in [0, 0.05) is 6.20 Å². The number of ether oxygens (including phenoxy) is 1. The summed E-state index contributed by atoms with van der Waals surface area (Å²) in [7, 11) is 1.60. The molecule has 0 aromatic carbocycles. The van der Waals surface area contributed by atoms with Crippen molar-refractivity contribution in [2.24, 2.45) is 5.92 Å². The Hall–Kier alpha value is -0.610. The van der Waals surface area contributed by atoms with Gasteiger partial charge >= 0.3 is 0 Å². The molecule has 14 heavy (non-hydrogen) atoms. The van der Waals surface area contributed by atoms with Gasteiger partial charge in [-0.1, -0.05) is 18.3 Å². The number of hydrogen-bond acceptors (Lipinski definition) is 4. The van der Waals surface area contributed by atoms with Gasteiger partial charge in [-0.05, 0) is 25.2 Å². The van der Waals surface area contributed by atoms with Crippen molar-refractivity contribution in [1.29, 1.82) is 0 Å². The highest BCUT2D eigenvalue weighted by molar-refractivity contribution is 7.13. The van der Waals surface area contributed by atoms with E-state index in [1.807, 2.05) is 0 Å². The lowest BCUT2D eigenvalue weighted by Crippen LogP contribution is -2.19. The molecule has 2 rings (SSSR count). The summed E-state index contributed by atoms with van der Waals surface area (Å²) in [6.07, 6.45) is 4.52. The lowest BCUT2D eigenvalue weighted by Gasteiger charge is -2.19. The summed E-state index contributed by atoms with van der Waals surface area (Å²) in [5.74, 6) is 0.605. The maximum Gasteiger partial charge on any atom is 0.273 e. The zero-order valence-electron chi connectivity index (χ0n) is 8.49. The molecule has 0 radical (unpaired) electrons. The standard InChI is InChI=1S/C10H15NO2S/c1-7-3-4-10(12,5-7)8-6-11-9(13-2)14-8/h6-7,12H,3-5H2,1-2H3. The van der Waals surface area contributed by atoms with Crippen molar-refractivity contribution in [2.75, 3.05) is 7.11 Å². The number of rotatable bonds is 2. The van der Waals surface area contributed by atoms with Gasteiger partial charge in [-0.2, -0.15) is 0 Å². The topological polar surface area (TPSA) is 42.4 Å². The number of hydrogen-bond donors (Lipinski definition) is 1. The van der Waals surface area contributed by atoms with E-state index in [1.54, 1.807) is 13.3 Å². The SMILES string of the molecule is COc1ncc(C2(O)CCC(C)C2)s1. The molecule has 1 aromatic heterocycles. The van der Waals surface area contributed by atoms with Crippen molar-refractivity contribution < 1.29 is 9.84 Å². The summed E-state index contributed by atoms with van der Waals surface area (Å²) < 4.78 is 5.02. The van der Waals surface area contributed by atoms with Crippen LogP contribution in [0.3, 0.4) is 0 Å². The highest BCUT2D eigenvalue weighted by Crippen LogP contribution is 2.44. The van der Waals surface area contributed by atoms with Crippen LogP contribution in [0.5, 0.6) is 5.19 Å². The molecule has 0 bridgehead atoms. The summed E-state index contributed by atoms with van der Waals surface area (Å²) >= 11 is 1.45. The van der Waals surface area contributed by atoms with Crippen LogP contribution in [0.4, 0.5) is 0 Å². The molecule has 4 heteroatoms. The van der Waals surface area contributed by atoms with Crippen molar-refractivity contribution in [3.05, 3.63) is 11.1 Å². The van der Waals surface area contributed by atoms with E-state index in [1.165, 1.54) is 11.3 Å². The number of methoxy groups -OCH3 is 1. The van der Waals surface area contributed by atoms with E-state index < -0.39 is 5.60 Å². The number of aromatic nitrogens is 1. The molecule has 78 valence electrons. The summed E-state index contributed by atoms with van der Waals surface area (Å²) in [4.78, 5) is 5.03. The first-order valence-corrected chi connectivity index (χ1v) is 5.68. The summed E-state index contributed by atoms with van der Waals surface area (Å²) in [6, 6.07) is 0. The molecule has 0 spiro atoms. The van der Waals surface area contributed by atoms with E-state index in [0.29, 0.717) is 11.1 Å². The number of nitrogens with zero attached hydrogens (tertiary/aromatic N) is 1. The fourth-order valence-corrected chi connectivity index (χ4v) is 2.91. The van der Waals surface area contributed by atoms with Crippen LogP contribution < -0.4 is 4.74 Å². The van der Waals surface area contributed by atoms with E-state index in [0.717, 1.165) is 24.1 Å². The van der Waals surface area contributed by atoms with Crippen molar-refractivity contribution >= 4 is 11.3 Å². The first-order valence-electron chi connectivity index (χ1n) is 4.87. The third-order valence-electron chi connectivity index (χ3n) is 2.85. The maximum atomic E-state index is 10.4. The molecule has 1 fully saturated rings. The van der Waals surface area contributed by atoms with Crippen LogP contribution in [0.1, 0.15) is 31.1 Å². The van der Waals surface area contributed by atoms with E-state index in [-0.39, 0.29) is 0 Å². The van der Waals surface area contributed by atoms with Gasteiger partial charge in [0.05, 0.1) is 12.0 Å². The molecule has 3 nitrogen and oxygen atoms in total. The highest BCUT2D eigenvalue weighted by atomic mass is 32.1. The van der Waals surface area contributed by atoms with Gasteiger partial charge in [-0.3, -0.25) is 0 Å². The van der Waals surface area contributed by atoms with Gasteiger partial charge in [0.2, 0.25) is 0 Å². The van der Waals surface area contributed by atoms with Gasteiger partial charge in [-0.25, -0.2) is 4.98 Å². The number of thiazole rings is 1. The van der Waals surface area contributed by atoms with Crippen LogP contribution in [-0.2, 0) is 5.60 Å². The summed E-state index contributed by atoms with van der Waals surface area (Å²) in [5, 5.41) is 11.0. The summed E-state index contributed by atoms with van der Waals surface area (Å²) in [6.45, 7) is 2.18. The van der Waals surface area contributed by atoms with Gasteiger partial charge in [0.15, 0.2) is 0 Å². The van der Waals surface area contributed by atoms with Gasteiger partial charge in [0.25, 0.3) is 5.19 Å². The molecule has 1 saturated carbocycles. The largest absolute Gasteiger partial charge is 0.473 e. The molecular weight excluding hydrogens is 198 g/mol. The van der Waals surface area contributed by atoms with Crippen LogP contribution in [0.15, 0.2) is 6.20 Å². The Morgan fingerprint density at radius 2 is 2.50 bits per heavy atom. The van der Waals surface area contributed by atoms with Crippen molar-refractivity contribution in [2.45, 2.75) is 31.8 Å². The first-order chi connectivity index (χ1) is 6.64. The Kier molecular flexibility index (Phi) is 2.49. The molecular formula is C10H15NO2S. The fourth-order valence-electron chi connectivity index (χ4n) is 2.06. The van der Waals surface area contributed by atoms with Crippen LogP contribution in [0.25, 0.3) is 0 Å². The molecule has 0 saturated heterocycles. The smallest absolute Gasteiger partial charge is 0.273 e. The second kappa shape index (κ2) is 3.51. The van der Waals surface area contributed by atoms with Gasteiger partial charge < -0.3 is 9.84 Å². The minimum atomic E-state index is -0.645. The number of aliphatic hydroxyl groups is 1. The van der Waals surface area contributed by atoms with E-state index in [9.17, 15) is 5.11 Å². The van der Waals surface area contributed by atoms with E-state index >= 15 is 0 Å². The Labute approximate surface area is 87.7 Å². The average molecular weight is 213 g/mol. The van der Waals surface area contributed by atoms with Crippen LogP contribution in [0.2, 0.25) is 0 Å². The lowest BCUT2D eigenvalue weighted by molar-refractivity contribution is 0.0444. The Morgan fingerprint density at radius 3 is 3.00 bits per heavy atom. The maximum absolute atomic E-state index is 10.4. The predicted molar refractivity (Wildman–Crippen MR) is 55.6 cm³/mol. The second-order valence-corrected chi connectivity index (χ2v) is 5.07. The highest BCUT2D eigenvalue weighted by Gasteiger charge is 2.38.